The molecule has 0 radical (unpaired) electrons. The highest BCUT2D eigenvalue weighted by molar-refractivity contribution is 5.64. The smallest absolute Gasteiger partial charge is 0.0387 e. The topological polar surface area (TPSA) is 26.0 Å². The second kappa shape index (κ2) is 4.51. The first-order valence-electron chi connectivity index (χ1n) is 4.36. The number of para-hydroxylation sites is 1. The van der Waals surface area contributed by atoms with Gasteiger partial charge in [-0.3, -0.25) is 0 Å². The van der Waals surface area contributed by atoms with Gasteiger partial charge in [0.15, 0.2) is 0 Å². The van der Waals surface area contributed by atoms with Crippen LogP contribution >= 0.6 is 0 Å². The highest BCUT2D eigenvalue weighted by Crippen LogP contribution is 2.12. The predicted octanol–water partition coefficient (Wildman–Crippen LogP) is 3.25. The van der Waals surface area contributed by atoms with Crippen LogP contribution in [-0.4, -0.2) is 0 Å². The minimum absolute atomic E-state index is 0.820. The number of benzene rings is 1. The third kappa shape index (κ3) is 3.16. The highest BCUT2D eigenvalue weighted by atomic mass is 14.5. The van der Waals surface area contributed by atoms with Crippen molar-refractivity contribution in [1.82, 2.24) is 0 Å². The highest BCUT2D eigenvalue weighted by Gasteiger charge is 1.89. The Kier molecular flexibility index (Phi) is 3.32. The van der Waals surface area contributed by atoms with Crippen molar-refractivity contribution in [3.63, 3.8) is 0 Å². The molecule has 1 heteroatoms. The van der Waals surface area contributed by atoms with E-state index in [1.54, 1.807) is 0 Å². The maximum atomic E-state index is 5.77. The summed E-state index contributed by atoms with van der Waals surface area (Å²) in [5, 5.41) is 0. The Morgan fingerprint density at radius 3 is 2.54 bits per heavy atom. The molecule has 1 aromatic rings. The van der Waals surface area contributed by atoms with Gasteiger partial charge in [0, 0.05) is 5.69 Å². The van der Waals surface area contributed by atoms with Crippen molar-refractivity contribution in [2.75, 3.05) is 5.73 Å². The quantitative estimate of drug-likeness (QED) is 0.539. The predicted molar refractivity (Wildman–Crippen MR) is 59.3 cm³/mol. The molecule has 0 spiro atoms. The van der Waals surface area contributed by atoms with Gasteiger partial charge < -0.3 is 5.73 Å². The number of nitrogen functional groups attached to an aromatic ring is 1. The van der Waals surface area contributed by atoms with Crippen LogP contribution in [0, 0.1) is 0 Å². The SMILES string of the molecule is CC(C)=C/C=C\c1ccccc1N. The van der Waals surface area contributed by atoms with Gasteiger partial charge in [0.25, 0.3) is 0 Å². The molecule has 0 aliphatic heterocycles. The average Bonchev–Trinajstić information content (AvgIpc) is 2.08. The standard InChI is InChI=1S/C12H15N/c1-10(2)6-5-8-11-7-3-4-9-12(11)13/h3-9H,13H2,1-2H3/b8-5-. The van der Waals surface area contributed by atoms with Crippen molar-refractivity contribution < 1.29 is 0 Å². The maximum absolute atomic E-state index is 5.77. The summed E-state index contributed by atoms with van der Waals surface area (Å²) in [6.45, 7) is 4.14. The van der Waals surface area contributed by atoms with E-state index in [2.05, 4.69) is 19.9 Å². The summed E-state index contributed by atoms with van der Waals surface area (Å²) in [6, 6.07) is 7.83. The molecule has 0 saturated heterocycles. The van der Waals surface area contributed by atoms with E-state index in [-0.39, 0.29) is 0 Å². The third-order valence-corrected chi connectivity index (χ3v) is 1.70. The molecule has 0 unspecified atom stereocenters. The molecule has 0 aliphatic rings. The van der Waals surface area contributed by atoms with Crippen LogP contribution in [0.25, 0.3) is 6.08 Å². The van der Waals surface area contributed by atoms with Gasteiger partial charge >= 0.3 is 0 Å². The summed E-state index contributed by atoms with van der Waals surface area (Å²) >= 11 is 0. The van der Waals surface area contributed by atoms with E-state index < -0.39 is 0 Å². The van der Waals surface area contributed by atoms with E-state index in [0.717, 1.165) is 11.3 Å². The molecule has 1 aromatic carbocycles. The minimum atomic E-state index is 0.820. The van der Waals surface area contributed by atoms with E-state index in [4.69, 9.17) is 5.73 Å². The molecule has 0 fully saturated rings. The molecule has 1 rings (SSSR count). The summed E-state index contributed by atoms with van der Waals surface area (Å²) in [4.78, 5) is 0. The van der Waals surface area contributed by atoms with Crippen LogP contribution in [0.4, 0.5) is 5.69 Å². The van der Waals surface area contributed by atoms with E-state index in [0.29, 0.717) is 0 Å². The third-order valence-electron chi connectivity index (χ3n) is 1.70. The van der Waals surface area contributed by atoms with E-state index in [1.165, 1.54) is 5.57 Å². The Labute approximate surface area is 79.6 Å². The van der Waals surface area contributed by atoms with Crippen LogP contribution in [0.1, 0.15) is 19.4 Å². The summed E-state index contributed by atoms with van der Waals surface area (Å²) in [6.07, 6.45) is 6.09. The second-order valence-electron chi connectivity index (χ2n) is 3.23. The fourth-order valence-corrected chi connectivity index (χ4v) is 1.01. The molecule has 13 heavy (non-hydrogen) atoms. The van der Waals surface area contributed by atoms with Gasteiger partial charge in [-0.15, -0.1) is 0 Å². The van der Waals surface area contributed by atoms with Crippen molar-refractivity contribution in [3.05, 3.63) is 47.6 Å². The zero-order valence-electron chi connectivity index (χ0n) is 8.12. The zero-order valence-corrected chi connectivity index (χ0v) is 8.12. The zero-order chi connectivity index (χ0) is 9.68. The van der Waals surface area contributed by atoms with Crippen LogP contribution in [0.5, 0.6) is 0 Å². The lowest BCUT2D eigenvalue weighted by atomic mass is 10.1. The first kappa shape index (κ1) is 9.59. The lowest BCUT2D eigenvalue weighted by Gasteiger charge is -1.97. The molecule has 68 valence electrons. The molecule has 0 aliphatic carbocycles. The molecule has 0 bridgehead atoms. The average molecular weight is 173 g/mol. The van der Waals surface area contributed by atoms with E-state index in [1.807, 2.05) is 36.4 Å². The Morgan fingerprint density at radius 1 is 1.23 bits per heavy atom. The largest absolute Gasteiger partial charge is 0.398 e. The van der Waals surface area contributed by atoms with Crippen molar-refractivity contribution in [1.29, 1.82) is 0 Å². The van der Waals surface area contributed by atoms with E-state index in [9.17, 15) is 0 Å². The van der Waals surface area contributed by atoms with Crippen LogP contribution in [0.15, 0.2) is 42.0 Å². The molecule has 0 saturated carbocycles. The molecule has 0 amide bonds. The van der Waals surface area contributed by atoms with E-state index >= 15 is 0 Å². The first-order valence-corrected chi connectivity index (χ1v) is 4.36. The van der Waals surface area contributed by atoms with Gasteiger partial charge in [0.1, 0.15) is 0 Å². The fraction of sp³-hybridized carbons (Fsp3) is 0.167. The molecule has 0 aromatic heterocycles. The van der Waals surface area contributed by atoms with Crippen molar-refractivity contribution in [2.45, 2.75) is 13.8 Å². The Balaban J connectivity index is 2.80. The summed E-state index contributed by atoms with van der Waals surface area (Å²) in [5.74, 6) is 0. The Morgan fingerprint density at radius 2 is 1.92 bits per heavy atom. The van der Waals surface area contributed by atoms with Crippen molar-refractivity contribution in [3.8, 4) is 0 Å². The molecule has 1 nitrogen and oxygen atoms in total. The molecular formula is C12H15N. The van der Waals surface area contributed by atoms with Gasteiger partial charge in [-0.05, 0) is 25.5 Å². The fourth-order valence-electron chi connectivity index (χ4n) is 1.01. The number of rotatable bonds is 2. The van der Waals surface area contributed by atoms with Crippen LogP contribution < -0.4 is 5.73 Å². The van der Waals surface area contributed by atoms with Crippen LogP contribution in [-0.2, 0) is 0 Å². The number of anilines is 1. The second-order valence-corrected chi connectivity index (χ2v) is 3.23. The van der Waals surface area contributed by atoms with Gasteiger partial charge in [-0.1, -0.05) is 42.0 Å². The molecule has 0 atom stereocenters. The Bertz CT molecular complexity index is 331. The van der Waals surface area contributed by atoms with Crippen LogP contribution in [0.3, 0.4) is 0 Å². The van der Waals surface area contributed by atoms with Crippen LogP contribution in [0.2, 0.25) is 0 Å². The summed E-state index contributed by atoms with van der Waals surface area (Å²) in [7, 11) is 0. The summed E-state index contributed by atoms with van der Waals surface area (Å²) < 4.78 is 0. The Hall–Kier alpha value is -1.50. The molecular weight excluding hydrogens is 158 g/mol. The number of nitrogens with two attached hydrogens (primary N) is 1. The normalized spacial score (nSPS) is 10.3. The minimum Gasteiger partial charge on any atom is -0.398 e. The summed E-state index contributed by atoms with van der Waals surface area (Å²) in [5.41, 5.74) is 8.94. The van der Waals surface area contributed by atoms with Crippen molar-refractivity contribution in [2.24, 2.45) is 0 Å². The van der Waals surface area contributed by atoms with Crippen molar-refractivity contribution >= 4 is 11.8 Å². The monoisotopic (exact) mass is 173 g/mol. The van der Waals surface area contributed by atoms with Gasteiger partial charge in [-0.2, -0.15) is 0 Å². The number of allylic oxidation sites excluding steroid dienone is 3. The number of hydrogen-bond acceptors (Lipinski definition) is 1. The van der Waals surface area contributed by atoms with Gasteiger partial charge in [0.05, 0.1) is 0 Å². The van der Waals surface area contributed by atoms with Gasteiger partial charge in [0.2, 0.25) is 0 Å². The lowest BCUT2D eigenvalue weighted by molar-refractivity contribution is 1.40. The maximum Gasteiger partial charge on any atom is 0.0387 e. The first-order chi connectivity index (χ1) is 6.20. The lowest BCUT2D eigenvalue weighted by Crippen LogP contribution is -1.86. The van der Waals surface area contributed by atoms with Gasteiger partial charge in [-0.25, -0.2) is 0 Å². The number of hydrogen-bond donors (Lipinski definition) is 1. The molecule has 0 heterocycles. The molecule has 2 N–H and O–H groups in total.